The first-order valence-electron chi connectivity index (χ1n) is 7.20. The number of rotatable bonds is 7. The van der Waals surface area contributed by atoms with E-state index in [4.69, 9.17) is 22.1 Å². The van der Waals surface area contributed by atoms with Gasteiger partial charge in [-0.05, 0) is 36.5 Å². The maximum absolute atomic E-state index is 11.8. The Morgan fingerprint density at radius 1 is 1.33 bits per heavy atom. The number of amides is 1. The van der Waals surface area contributed by atoms with Crippen LogP contribution in [0.15, 0.2) is 18.2 Å². The molecule has 0 aromatic heterocycles. The quantitative estimate of drug-likeness (QED) is 0.588. The Hall–Kier alpha value is -1.26. The largest absolute Gasteiger partial charge is 0.397 e. The van der Waals surface area contributed by atoms with Crippen LogP contribution in [0.3, 0.4) is 0 Å². The molecule has 0 aliphatic carbocycles. The Morgan fingerprint density at radius 3 is 2.67 bits per heavy atom. The van der Waals surface area contributed by atoms with Gasteiger partial charge in [0.1, 0.15) is 0 Å². The van der Waals surface area contributed by atoms with Crippen LogP contribution in [0.2, 0.25) is 5.02 Å². The number of carbonyl (C=O) groups is 1. The lowest BCUT2D eigenvalue weighted by Gasteiger charge is -2.17. The highest BCUT2D eigenvalue weighted by Crippen LogP contribution is 2.22. The number of halogens is 1. The molecule has 0 aliphatic heterocycles. The average Bonchev–Trinajstić information content (AvgIpc) is 2.37. The first kappa shape index (κ1) is 17.8. The zero-order valence-corrected chi connectivity index (χ0v) is 13.8. The van der Waals surface area contributed by atoms with E-state index in [-0.39, 0.29) is 11.3 Å². The third-order valence-corrected chi connectivity index (χ3v) is 3.31. The molecule has 0 heterocycles. The van der Waals surface area contributed by atoms with E-state index in [1.54, 1.807) is 18.2 Å². The number of carbonyl (C=O) groups excluding carboxylic acids is 1. The second-order valence-corrected chi connectivity index (χ2v) is 6.72. The highest BCUT2D eigenvalue weighted by molar-refractivity contribution is 6.33. The minimum absolute atomic E-state index is 0.0452. The van der Waals surface area contributed by atoms with Gasteiger partial charge in [0.05, 0.1) is 10.7 Å². The molecule has 1 amide bonds. The van der Waals surface area contributed by atoms with Crippen molar-refractivity contribution < 1.29 is 9.53 Å². The van der Waals surface area contributed by atoms with Crippen molar-refractivity contribution in [3.05, 3.63) is 23.2 Å². The van der Waals surface area contributed by atoms with Crippen molar-refractivity contribution in [2.45, 2.75) is 40.0 Å². The summed E-state index contributed by atoms with van der Waals surface area (Å²) in [4.78, 5) is 11.8. The summed E-state index contributed by atoms with van der Waals surface area (Å²) >= 11 is 5.83. The van der Waals surface area contributed by atoms with Crippen molar-refractivity contribution in [2.75, 3.05) is 24.3 Å². The van der Waals surface area contributed by atoms with E-state index in [9.17, 15) is 4.79 Å². The van der Waals surface area contributed by atoms with Gasteiger partial charge in [0.2, 0.25) is 5.91 Å². The minimum Gasteiger partial charge on any atom is -0.397 e. The smallest absolute Gasteiger partial charge is 0.224 e. The Kier molecular flexibility index (Phi) is 6.99. The molecule has 5 heteroatoms. The van der Waals surface area contributed by atoms with E-state index in [2.05, 4.69) is 26.1 Å². The maximum atomic E-state index is 11.8. The molecule has 4 nitrogen and oxygen atoms in total. The SMILES string of the molecule is CC(C)(C)CCOCCCC(=O)Nc1ccc(Cl)c(N)c1. The number of nitrogen functional groups attached to an aromatic ring is 1. The first-order valence-corrected chi connectivity index (χ1v) is 7.58. The molecule has 0 fully saturated rings. The van der Waals surface area contributed by atoms with E-state index in [1.165, 1.54) is 0 Å². The third-order valence-electron chi connectivity index (χ3n) is 2.97. The Bertz CT molecular complexity index is 470. The molecule has 0 aliphatic rings. The van der Waals surface area contributed by atoms with Gasteiger partial charge >= 0.3 is 0 Å². The second kappa shape index (κ2) is 8.25. The maximum Gasteiger partial charge on any atom is 0.224 e. The van der Waals surface area contributed by atoms with Crippen LogP contribution in [0.5, 0.6) is 0 Å². The molecule has 0 radical (unpaired) electrons. The van der Waals surface area contributed by atoms with Gasteiger partial charge in [-0.25, -0.2) is 0 Å². The minimum atomic E-state index is -0.0452. The standard InChI is InChI=1S/C16H25ClN2O2/c1-16(2,3)8-10-21-9-4-5-15(20)19-12-6-7-13(17)14(18)11-12/h6-7,11H,4-5,8-10,18H2,1-3H3,(H,19,20). The second-order valence-electron chi connectivity index (χ2n) is 6.31. The molecule has 0 atom stereocenters. The van der Waals surface area contributed by atoms with Gasteiger partial charge in [-0.1, -0.05) is 32.4 Å². The predicted octanol–water partition coefficient (Wildman–Crippen LogP) is 4.09. The van der Waals surface area contributed by atoms with Crippen molar-refractivity contribution in [1.82, 2.24) is 0 Å². The summed E-state index contributed by atoms with van der Waals surface area (Å²) in [6, 6.07) is 5.05. The molecule has 1 rings (SSSR count). The van der Waals surface area contributed by atoms with Crippen LogP contribution in [-0.4, -0.2) is 19.1 Å². The van der Waals surface area contributed by atoms with Gasteiger partial charge in [0.15, 0.2) is 0 Å². The van der Waals surface area contributed by atoms with Gasteiger partial charge < -0.3 is 15.8 Å². The molecule has 1 aromatic carbocycles. The van der Waals surface area contributed by atoms with Crippen LogP contribution >= 0.6 is 11.6 Å². The highest BCUT2D eigenvalue weighted by atomic mass is 35.5. The summed E-state index contributed by atoms with van der Waals surface area (Å²) in [5, 5.41) is 3.28. The lowest BCUT2D eigenvalue weighted by molar-refractivity contribution is -0.116. The summed E-state index contributed by atoms with van der Waals surface area (Å²) in [5.41, 5.74) is 7.09. The number of ether oxygens (including phenoxy) is 1. The Morgan fingerprint density at radius 2 is 2.05 bits per heavy atom. The van der Waals surface area contributed by atoms with Crippen LogP contribution in [0, 0.1) is 5.41 Å². The normalized spacial score (nSPS) is 11.4. The topological polar surface area (TPSA) is 64.3 Å². The van der Waals surface area contributed by atoms with Gasteiger partial charge in [0, 0.05) is 25.3 Å². The molecular formula is C16H25ClN2O2. The highest BCUT2D eigenvalue weighted by Gasteiger charge is 2.09. The summed E-state index contributed by atoms with van der Waals surface area (Å²) in [5.74, 6) is -0.0452. The third kappa shape index (κ3) is 7.93. The molecule has 1 aromatic rings. The van der Waals surface area contributed by atoms with Crippen molar-refractivity contribution >= 4 is 28.9 Å². The number of anilines is 2. The summed E-state index contributed by atoms with van der Waals surface area (Å²) in [6.45, 7) is 7.88. The van der Waals surface area contributed by atoms with Gasteiger partial charge in [-0.15, -0.1) is 0 Å². The molecule has 118 valence electrons. The molecule has 0 spiro atoms. The van der Waals surface area contributed by atoms with Gasteiger partial charge in [-0.2, -0.15) is 0 Å². The van der Waals surface area contributed by atoms with Crippen LogP contribution in [0.4, 0.5) is 11.4 Å². The zero-order chi connectivity index (χ0) is 15.9. The molecule has 0 unspecified atom stereocenters. The number of hydrogen-bond donors (Lipinski definition) is 2. The van der Waals surface area contributed by atoms with E-state index in [0.29, 0.717) is 35.8 Å². The lowest BCUT2D eigenvalue weighted by atomic mass is 9.93. The predicted molar refractivity (Wildman–Crippen MR) is 88.6 cm³/mol. The number of nitrogens with two attached hydrogens (primary N) is 1. The zero-order valence-electron chi connectivity index (χ0n) is 13.0. The van der Waals surface area contributed by atoms with E-state index in [0.717, 1.165) is 13.0 Å². The Labute approximate surface area is 132 Å². The number of nitrogens with one attached hydrogen (secondary N) is 1. The molecule has 0 saturated heterocycles. The van der Waals surface area contributed by atoms with Crippen LogP contribution in [0.25, 0.3) is 0 Å². The first-order chi connectivity index (χ1) is 9.78. The summed E-state index contributed by atoms with van der Waals surface area (Å²) in [7, 11) is 0. The molecular weight excluding hydrogens is 288 g/mol. The monoisotopic (exact) mass is 312 g/mol. The molecule has 3 N–H and O–H groups in total. The van der Waals surface area contributed by atoms with Crippen LogP contribution in [0.1, 0.15) is 40.0 Å². The van der Waals surface area contributed by atoms with Gasteiger partial charge in [-0.3, -0.25) is 4.79 Å². The summed E-state index contributed by atoms with van der Waals surface area (Å²) < 4.78 is 5.53. The van der Waals surface area contributed by atoms with E-state index in [1.807, 2.05) is 0 Å². The van der Waals surface area contributed by atoms with Crippen molar-refractivity contribution in [1.29, 1.82) is 0 Å². The van der Waals surface area contributed by atoms with Crippen LogP contribution < -0.4 is 11.1 Å². The number of benzene rings is 1. The van der Waals surface area contributed by atoms with Crippen LogP contribution in [-0.2, 0) is 9.53 Å². The fraction of sp³-hybridized carbons (Fsp3) is 0.562. The lowest BCUT2D eigenvalue weighted by Crippen LogP contribution is -2.13. The average molecular weight is 313 g/mol. The molecule has 0 saturated carbocycles. The molecule has 21 heavy (non-hydrogen) atoms. The number of hydrogen-bond acceptors (Lipinski definition) is 3. The summed E-state index contributed by atoms with van der Waals surface area (Å²) in [6.07, 6.45) is 2.15. The fourth-order valence-electron chi connectivity index (χ4n) is 1.66. The van der Waals surface area contributed by atoms with E-state index >= 15 is 0 Å². The fourth-order valence-corrected chi connectivity index (χ4v) is 1.78. The van der Waals surface area contributed by atoms with Crippen molar-refractivity contribution in [3.63, 3.8) is 0 Å². The Balaban J connectivity index is 2.18. The molecule has 0 bridgehead atoms. The van der Waals surface area contributed by atoms with Crippen molar-refractivity contribution in [2.24, 2.45) is 5.41 Å². The van der Waals surface area contributed by atoms with Crippen molar-refractivity contribution in [3.8, 4) is 0 Å². The van der Waals surface area contributed by atoms with Gasteiger partial charge in [0.25, 0.3) is 0 Å². The van der Waals surface area contributed by atoms with E-state index < -0.39 is 0 Å².